The van der Waals surface area contributed by atoms with E-state index in [1.54, 1.807) is 7.11 Å². The summed E-state index contributed by atoms with van der Waals surface area (Å²) in [6.45, 7) is 1.41. The van der Waals surface area contributed by atoms with E-state index in [9.17, 15) is 4.79 Å². The van der Waals surface area contributed by atoms with Crippen molar-refractivity contribution in [3.63, 3.8) is 0 Å². The second kappa shape index (κ2) is 16.0. The third kappa shape index (κ3) is 8.23. The van der Waals surface area contributed by atoms with Crippen molar-refractivity contribution in [3.8, 4) is 11.5 Å². The van der Waals surface area contributed by atoms with Gasteiger partial charge in [-0.1, -0.05) is 84.9 Å². The normalized spacial score (nSPS) is 10.7. The number of nitrogens with zero attached hydrogens (tertiary/aromatic N) is 2. The molecule has 256 valence electrons. The van der Waals surface area contributed by atoms with Gasteiger partial charge in [-0.3, -0.25) is 4.79 Å². The highest BCUT2D eigenvalue weighted by molar-refractivity contribution is 5.78. The fourth-order valence-corrected chi connectivity index (χ4v) is 6.38. The first-order valence-electron chi connectivity index (χ1n) is 17.4. The maximum Gasteiger partial charge on any atom is 0.308 e. The molecular weight excluding hydrogens is 641 g/mol. The molecule has 0 aromatic heterocycles. The Labute approximate surface area is 306 Å². The summed E-state index contributed by atoms with van der Waals surface area (Å²) in [5.74, 6) is 1.03. The minimum absolute atomic E-state index is 0.333. The number of hydrogen-bond donors (Lipinski definition) is 0. The molecule has 52 heavy (non-hydrogen) atoms. The SMILES string of the molecule is COc1ccc(N(c2ccccc2)c2ccc(Cc3ccc(Cc4ccc(N(c5ccccc5)c5ccc(OC(C)=O)cc5)cc4)cc3)cc2)cc1. The number of hydrogen-bond acceptors (Lipinski definition) is 5. The number of para-hydroxylation sites is 2. The van der Waals surface area contributed by atoms with Crippen LogP contribution < -0.4 is 19.3 Å². The summed E-state index contributed by atoms with van der Waals surface area (Å²) in [4.78, 5) is 15.9. The van der Waals surface area contributed by atoms with Crippen molar-refractivity contribution in [2.45, 2.75) is 19.8 Å². The van der Waals surface area contributed by atoms with E-state index in [1.165, 1.54) is 29.2 Å². The lowest BCUT2D eigenvalue weighted by Crippen LogP contribution is -2.10. The fourth-order valence-electron chi connectivity index (χ4n) is 6.38. The van der Waals surface area contributed by atoms with E-state index in [4.69, 9.17) is 9.47 Å². The van der Waals surface area contributed by atoms with Crippen LogP contribution in [0.3, 0.4) is 0 Å². The first kappa shape index (κ1) is 33.9. The van der Waals surface area contributed by atoms with E-state index >= 15 is 0 Å². The van der Waals surface area contributed by atoms with Crippen LogP contribution in [0, 0.1) is 0 Å². The number of esters is 1. The third-order valence-corrected chi connectivity index (χ3v) is 8.94. The van der Waals surface area contributed by atoms with Gasteiger partial charge in [-0.05, 0) is 132 Å². The van der Waals surface area contributed by atoms with Gasteiger partial charge in [0.1, 0.15) is 11.5 Å². The third-order valence-electron chi connectivity index (χ3n) is 8.94. The van der Waals surface area contributed by atoms with E-state index < -0.39 is 0 Å². The lowest BCUT2D eigenvalue weighted by molar-refractivity contribution is -0.131. The number of rotatable bonds is 12. The van der Waals surface area contributed by atoms with E-state index in [0.717, 1.165) is 52.7 Å². The first-order chi connectivity index (χ1) is 25.5. The maximum absolute atomic E-state index is 11.4. The summed E-state index contributed by atoms with van der Waals surface area (Å²) in [5.41, 5.74) is 11.4. The number of benzene rings is 7. The van der Waals surface area contributed by atoms with Gasteiger partial charge in [-0.15, -0.1) is 0 Å². The van der Waals surface area contributed by atoms with Gasteiger partial charge in [0, 0.05) is 41.0 Å². The van der Waals surface area contributed by atoms with Crippen LogP contribution in [0.25, 0.3) is 0 Å². The molecule has 0 radical (unpaired) electrons. The zero-order valence-corrected chi connectivity index (χ0v) is 29.4. The maximum atomic E-state index is 11.4. The standard InChI is InChI=1S/C47H40N2O3/c1-35(50)52-47-31-27-45(28-32-47)49(41-11-7-4-8-12-41)43-23-19-39(20-24-43)34-37-15-13-36(14-16-37)33-38-17-21-42(22-18-38)48(40-9-5-3-6-10-40)44-25-29-46(51-2)30-26-44/h3-32H,33-34H2,1-2H3. The van der Waals surface area contributed by atoms with Crippen molar-refractivity contribution in [3.05, 3.63) is 204 Å². The zero-order valence-electron chi connectivity index (χ0n) is 29.4. The number of ether oxygens (including phenoxy) is 2. The highest BCUT2D eigenvalue weighted by atomic mass is 16.5. The summed E-state index contributed by atoms with van der Waals surface area (Å²) in [6, 6.07) is 62.9. The van der Waals surface area contributed by atoms with Gasteiger partial charge in [-0.25, -0.2) is 0 Å². The lowest BCUT2D eigenvalue weighted by atomic mass is 10.00. The number of carbonyl (C=O) groups is 1. The summed E-state index contributed by atoms with van der Waals surface area (Å²) in [5, 5.41) is 0. The van der Waals surface area contributed by atoms with Crippen molar-refractivity contribution in [2.24, 2.45) is 0 Å². The van der Waals surface area contributed by atoms with Gasteiger partial charge in [-0.2, -0.15) is 0 Å². The first-order valence-corrected chi connectivity index (χ1v) is 17.4. The van der Waals surface area contributed by atoms with E-state index in [0.29, 0.717) is 5.75 Å². The van der Waals surface area contributed by atoms with Crippen LogP contribution >= 0.6 is 0 Å². The molecule has 0 spiro atoms. The van der Waals surface area contributed by atoms with Gasteiger partial charge in [0.2, 0.25) is 0 Å². The van der Waals surface area contributed by atoms with E-state index in [-0.39, 0.29) is 5.97 Å². The molecule has 0 saturated heterocycles. The molecule has 0 bridgehead atoms. The van der Waals surface area contributed by atoms with Crippen LogP contribution in [0.15, 0.2) is 182 Å². The molecule has 5 nitrogen and oxygen atoms in total. The van der Waals surface area contributed by atoms with Crippen molar-refractivity contribution in [2.75, 3.05) is 16.9 Å². The summed E-state index contributed by atoms with van der Waals surface area (Å²) >= 11 is 0. The Kier molecular flexibility index (Phi) is 10.4. The monoisotopic (exact) mass is 680 g/mol. The lowest BCUT2D eigenvalue weighted by Gasteiger charge is -2.25. The molecule has 0 fully saturated rings. The molecule has 5 heteroatoms. The zero-order chi connectivity index (χ0) is 35.7. The van der Waals surface area contributed by atoms with Crippen LogP contribution in [0.1, 0.15) is 29.2 Å². The Morgan fingerprint density at radius 1 is 0.404 bits per heavy atom. The molecular formula is C47H40N2O3. The molecule has 0 aliphatic carbocycles. The predicted molar refractivity (Wildman–Crippen MR) is 212 cm³/mol. The molecule has 0 aliphatic rings. The minimum atomic E-state index is -0.333. The molecule has 7 aromatic carbocycles. The Morgan fingerprint density at radius 3 is 1.02 bits per heavy atom. The second-order valence-corrected chi connectivity index (χ2v) is 12.6. The number of anilines is 6. The summed E-state index contributed by atoms with van der Waals surface area (Å²) in [7, 11) is 1.69. The second-order valence-electron chi connectivity index (χ2n) is 12.6. The van der Waals surface area contributed by atoms with Crippen molar-refractivity contribution in [1.29, 1.82) is 0 Å². The average Bonchev–Trinajstić information content (AvgIpc) is 3.19. The molecule has 0 unspecified atom stereocenters. The van der Waals surface area contributed by atoms with Crippen LogP contribution in [-0.4, -0.2) is 13.1 Å². The van der Waals surface area contributed by atoms with Crippen LogP contribution in [0.4, 0.5) is 34.1 Å². The summed E-state index contributed by atoms with van der Waals surface area (Å²) in [6.07, 6.45) is 1.71. The van der Waals surface area contributed by atoms with Crippen LogP contribution in [0.2, 0.25) is 0 Å². The molecule has 0 N–H and O–H groups in total. The van der Waals surface area contributed by atoms with Gasteiger partial charge in [0.15, 0.2) is 0 Å². The van der Waals surface area contributed by atoms with Gasteiger partial charge in [0.05, 0.1) is 7.11 Å². The minimum Gasteiger partial charge on any atom is -0.497 e. The Hall–Kier alpha value is -6.59. The topological polar surface area (TPSA) is 42.0 Å². The molecule has 7 rings (SSSR count). The largest absolute Gasteiger partial charge is 0.497 e. The Balaban J connectivity index is 1.02. The summed E-state index contributed by atoms with van der Waals surface area (Å²) < 4.78 is 10.6. The van der Waals surface area contributed by atoms with Gasteiger partial charge in [0.25, 0.3) is 0 Å². The highest BCUT2D eigenvalue weighted by Crippen LogP contribution is 2.37. The molecule has 0 heterocycles. The predicted octanol–water partition coefficient (Wildman–Crippen LogP) is 11.7. The molecule has 0 aliphatic heterocycles. The Morgan fingerprint density at radius 2 is 0.692 bits per heavy atom. The molecule has 7 aromatic rings. The van der Waals surface area contributed by atoms with Gasteiger partial charge < -0.3 is 19.3 Å². The molecule has 0 amide bonds. The van der Waals surface area contributed by atoms with Crippen molar-refractivity contribution >= 4 is 40.1 Å². The van der Waals surface area contributed by atoms with Crippen molar-refractivity contribution in [1.82, 2.24) is 0 Å². The molecule has 0 atom stereocenters. The van der Waals surface area contributed by atoms with Crippen LogP contribution in [0.5, 0.6) is 11.5 Å². The highest BCUT2D eigenvalue weighted by Gasteiger charge is 2.14. The Bertz CT molecular complexity index is 2180. The average molecular weight is 681 g/mol. The number of carbonyl (C=O) groups excluding carboxylic acids is 1. The van der Waals surface area contributed by atoms with E-state index in [2.05, 4.69) is 131 Å². The number of methoxy groups -OCH3 is 1. The molecule has 0 saturated carbocycles. The smallest absolute Gasteiger partial charge is 0.308 e. The van der Waals surface area contributed by atoms with Gasteiger partial charge >= 0.3 is 5.97 Å². The fraction of sp³-hybridized carbons (Fsp3) is 0.0851. The van der Waals surface area contributed by atoms with E-state index in [1.807, 2.05) is 60.7 Å². The van der Waals surface area contributed by atoms with Crippen LogP contribution in [-0.2, 0) is 17.6 Å². The quantitative estimate of drug-likeness (QED) is 0.0949. The van der Waals surface area contributed by atoms with Crippen molar-refractivity contribution < 1.29 is 14.3 Å².